The van der Waals surface area contributed by atoms with Crippen molar-refractivity contribution in [1.82, 2.24) is 4.98 Å². The first-order valence-corrected chi connectivity index (χ1v) is 6.28. The highest BCUT2D eigenvalue weighted by atomic mass is 32.2. The van der Waals surface area contributed by atoms with Crippen LogP contribution in [0.25, 0.3) is 0 Å². The normalized spacial score (nSPS) is 12.6. The molecule has 0 spiro atoms. The van der Waals surface area contributed by atoms with Crippen LogP contribution in [0.15, 0.2) is 23.4 Å². The van der Waals surface area contributed by atoms with Crippen molar-refractivity contribution in [1.29, 1.82) is 0 Å². The van der Waals surface area contributed by atoms with E-state index in [-0.39, 0.29) is 11.5 Å². The second-order valence-electron chi connectivity index (χ2n) is 4.84. The summed E-state index contributed by atoms with van der Waals surface area (Å²) in [7, 11) is 0. The van der Waals surface area contributed by atoms with Gasteiger partial charge in [0.05, 0.1) is 16.3 Å². The molecule has 0 saturated carbocycles. The maximum absolute atomic E-state index is 12.3. The van der Waals surface area contributed by atoms with E-state index in [1.54, 1.807) is 20.8 Å². The number of hydrogen-bond donors (Lipinski definition) is 0. The maximum Gasteiger partial charge on any atom is 0.417 e. The number of ketones is 1. The second kappa shape index (κ2) is 5.30. The van der Waals surface area contributed by atoms with Crippen LogP contribution in [0.2, 0.25) is 0 Å². The SMILES string of the molecule is CC(C)(C)C(=O)CSc1ccc(C(F)(F)F)cn1. The van der Waals surface area contributed by atoms with E-state index in [0.717, 1.165) is 24.0 Å². The predicted molar refractivity (Wildman–Crippen MR) is 64.4 cm³/mol. The molecule has 2 nitrogen and oxygen atoms in total. The van der Waals surface area contributed by atoms with Crippen LogP contribution in [-0.4, -0.2) is 16.5 Å². The third kappa shape index (κ3) is 4.33. The number of carbonyl (C=O) groups is 1. The van der Waals surface area contributed by atoms with E-state index in [2.05, 4.69) is 4.98 Å². The van der Waals surface area contributed by atoms with Gasteiger partial charge in [0.15, 0.2) is 0 Å². The minimum Gasteiger partial charge on any atom is -0.298 e. The lowest BCUT2D eigenvalue weighted by Crippen LogP contribution is -2.22. The van der Waals surface area contributed by atoms with Gasteiger partial charge in [0.1, 0.15) is 5.78 Å². The second-order valence-corrected chi connectivity index (χ2v) is 5.84. The Morgan fingerprint density at radius 1 is 1.28 bits per heavy atom. The summed E-state index contributed by atoms with van der Waals surface area (Å²) in [5.41, 5.74) is -1.23. The van der Waals surface area contributed by atoms with Crippen molar-refractivity contribution in [2.24, 2.45) is 5.41 Å². The fraction of sp³-hybridized carbons (Fsp3) is 0.500. The van der Waals surface area contributed by atoms with E-state index in [0.29, 0.717) is 5.03 Å². The van der Waals surface area contributed by atoms with E-state index in [9.17, 15) is 18.0 Å². The largest absolute Gasteiger partial charge is 0.417 e. The van der Waals surface area contributed by atoms with Gasteiger partial charge in [-0.15, -0.1) is 0 Å². The zero-order valence-electron chi connectivity index (χ0n) is 10.3. The van der Waals surface area contributed by atoms with Gasteiger partial charge >= 0.3 is 6.18 Å². The standard InChI is InChI=1S/C12H14F3NOS/c1-11(2,3)9(17)7-18-10-5-4-8(6-16-10)12(13,14)15/h4-6H,7H2,1-3H3. The van der Waals surface area contributed by atoms with Crippen LogP contribution in [0, 0.1) is 5.41 Å². The highest BCUT2D eigenvalue weighted by molar-refractivity contribution is 7.99. The van der Waals surface area contributed by atoms with Crippen molar-refractivity contribution in [3.63, 3.8) is 0 Å². The van der Waals surface area contributed by atoms with E-state index >= 15 is 0 Å². The first-order valence-electron chi connectivity index (χ1n) is 5.30. The van der Waals surface area contributed by atoms with Crippen molar-refractivity contribution in [3.05, 3.63) is 23.9 Å². The lowest BCUT2D eigenvalue weighted by atomic mass is 9.92. The summed E-state index contributed by atoms with van der Waals surface area (Å²) >= 11 is 1.15. The van der Waals surface area contributed by atoms with Gasteiger partial charge in [-0.25, -0.2) is 4.98 Å². The third-order valence-electron chi connectivity index (χ3n) is 2.25. The molecule has 0 aliphatic heterocycles. The zero-order chi connectivity index (χ0) is 14.0. The smallest absolute Gasteiger partial charge is 0.298 e. The van der Waals surface area contributed by atoms with Gasteiger partial charge in [-0.2, -0.15) is 13.2 Å². The van der Waals surface area contributed by atoms with E-state index in [1.165, 1.54) is 6.07 Å². The van der Waals surface area contributed by atoms with Gasteiger partial charge in [-0.05, 0) is 12.1 Å². The molecule has 0 atom stereocenters. The Labute approximate surface area is 108 Å². The van der Waals surface area contributed by atoms with Crippen LogP contribution < -0.4 is 0 Å². The number of nitrogens with zero attached hydrogens (tertiary/aromatic N) is 1. The molecular formula is C12H14F3NOS. The molecule has 0 radical (unpaired) electrons. The van der Waals surface area contributed by atoms with Crippen LogP contribution >= 0.6 is 11.8 Å². The summed E-state index contributed by atoms with van der Waals surface area (Å²) < 4.78 is 36.9. The molecule has 1 aromatic rings. The molecule has 0 bridgehead atoms. The molecule has 0 unspecified atom stereocenters. The van der Waals surface area contributed by atoms with Gasteiger partial charge in [0.2, 0.25) is 0 Å². The summed E-state index contributed by atoms with van der Waals surface area (Å²) in [5.74, 6) is 0.246. The van der Waals surface area contributed by atoms with Crippen molar-refractivity contribution >= 4 is 17.5 Å². The van der Waals surface area contributed by atoms with Gasteiger partial charge < -0.3 is 0 Å². The zero-order valence-corrected chi connectivity index (χ0v) is 11.2. The van der Waals surface area contributed by atoms with Crippen molar-refractivity contribution in [2.75, 3.05) is 5.75 Å². The van der Waals surface area contributed by atoms with Crippen LogP contribution in [0.3, 0.4) is 0 Å². The molecule has 0 aromatic carbocycles. The Bertz CT molecular complexity index is 420. The fourth-order valence-corrected chi connectivity index (χ4v) is 1.99. The quantitative estimate of drug-likeness (QED) is 0.787. The van der Waals surface area contributed by atoms with Crippen LogP contribution in [0.1, 0.15) is 26.3 Å². The Hall–Kier alpha value is -1.04. The van der Waals surface area contributed by atoms with E-state index in [1.807, 2.05) is 0 Å². The number of rotatable bonds is 3. The van der Waals surface area contributed by atoms with Crippen molar-refractivity contribution < 1.29 is 18.0 Å². The topological polar surface area (TPSA) is 30.0 Å². The minimum absolute atomic E-state index is 0.0363. The molecule has 100 valence electrons. The lowest BCUT2D eigenvalue weighted by Gasteiger charge is -2.15. The number of carbonyl (C=O) groups excluding carboxylic acids is 1. The first-order chi connectivity index (χ1) is 8.10. The Morgan fingerprint density at radius 2 is 1.89 bits per heavy atom. The number of Topliss-reactive ketones (excluding diaryl/α,β-unsaturated/α-hetero) is 1. The summed E-state index contributed by atoms with van der Waals surface area (Å²) in [6.07, 6.45) is -3.60. The van der Waals surface area contributed by atoms with Gasteiger partial charge in [0, 0.05) is 11.6 Å². The molecule has 18 heavy (non-hydrogen) atoms. The highest BCUT2D eigenvalue weighted by Crippen LogP contribution is 2.30. The molecule has 6 heteroatoms. The van der Waals surface area contributed by atoms with E-state index in [4.69, 9.17) is 0 Å². The molecule has 0 aliphatic rings. The van der Waals surface area contributed by atoms with Gasteiger partial charge in [-0.1, -0.05) is 32.5 Å². The summed E-state index contributed by atoms with van der Waals surface area (Å²) in [5, 5.41) is 0.417. The number of thioether (sulfide) groups is 1. The number of hydrogen-bond acceptors (Lipinski definition) is 3. The summed E-state index contributed by atoms with van der Waals surface area (Å²) in [6.45, 7) is 5.40. The molecular weight excluding hydrogens is 263 g/mol. The molecule has 1 heterocycles. The molecule has 0 saturated heterocycles. The van der Waals surface area contributed by atoms with Crippen molar-refractivity contribution in [3.8, 4) is 0 Å². The Kier molecular flexibility index (Phi) is 4.42. The van der Waals surface area contributed by atoms with Crippen molar-refractivity contribution in [2.45, 2.75) is 32.0 Å². The number of alkyl halides is 3. The Balaban J connectivity index is 2.63. The highest BCUT2D eigenvalue weighted by Gasteiger charge is 2.30. The minimum atomic E-state index is -4.38. The molecule has 0 N–H and O–H groups in total. The number of halogens is 3. The summed E-state index contributed by atoms with van der Waals surface area (Å²) in [4.78, 5) is 15.3. The first kappa shape index (κ1) is 15.0. The molecule has 0 fully saturated rings. The average Bonchev–Trinajstić information content (AvgIpc) is 2.24. The average molecular weight is 277 g/mol. The van der Waals surface area contributed by atoms with E-state index < -0.39 is 17.2 Å². The molecule has 0 amide bonds. The van der Waals surface area contributed by atoms with Crippen LogP contribution in [-0.2, 0) is 11.0 Å². The number of pyridine rings is 1. The van der Waals surface area contributed by atoms with Crippen LogP contribution in [0.4, 0.5) is 13.2 Å². The maximum atomic E-state index is 12.3. The monoisotopic (exact) mass is 277 g/mol. The Morgan fingerprint density at radius 3 is 2.28 bits per heavy atom. The van der Waals surface area contributed by atoms with Crippen LogP contribution in [0.5, 0.6) is 0 Å². The lowest BCUT2D eigenvalue weighted by molar-refractivity contribution is -0.137. The van der Waals surface area contributed by atoms with Gasteiger partial charge in [-0.3, -0.25) is 4.79 Å². The predicted octanol–water partition coefficient (Wildman–Crippen LogP) is 3.81. The molecule has 0 aliphatic carbocycles. The number of aromatic nitrogens is 1. The van der Waals surface area contributed by atoms with Gasteiger partial charge in [0.25, 0.3) is 0 Å². The fourth-order valence-electron chi connectivity index (χ4n) is 0.989. The summed E-state index contributed by atoms with van der Waals surface area (Å²) in [6, 6.07) is 2.25. The molecule has 1 rings (SSSR count). The third-order valence-corrected chi connectivity index (χ3v) is 3.20. The molecule has 1 aromatic heterocycles.